The quantitative estimate of drug-likeness (QED) is 0.162. The van der Waals surface area contributed by atoms with Gasteiger partial charge in [0.25, 0.3) is 0 Å². The summed E-state index contributed by atoms with van der Waals surface area (Å²) in [7, 11) is 0. The molecule has 0 saturated heterocycles. The van der Waals surface area contributed by atoms with Gasteiger partial charge < -0.3 is 0 Å². The number of benzene rings is 9. The molecule has 0 fully saturated rings. The SMILES string of the molecule is [2H]c1c([2H])c(-c2c([2H])c([2H])c3c4c([2H])c([2H])c([2H])c([2H])c4c4c([2H])c([2H])c([2H])c([2H])c4c3c2[2H])c([2H])c([2H])c1-c1nc(-c2ccccc2)nc(-c2cccc(-c3cccc(-c4ccccc4)c3)c2)n1. The number of aromatic nitrogens is 3. The molecule has 10 rings (SSSR count). The molecule has 0 aliphatic heterocycles. The van der Waals surface area contributed by atoms with Crippen LogP contribution in [0.4, 0.5) is 0 Å². The second kappa shape index (κ2) is 13.4. The fourth-order valence-electron chi connectivity index (χ4n) is 6.51. The Bertz CT molecular complexity index is 3780. The van der Waals surface area contributed by atoms with E-state index in [-0.39, 0.29) is 50.0 Å². The van der Waals surface area contributed by atoms with Crippen LogP contribution in [0.1, 0.15) is 20.6 Å². The molecule has 0 saturated carbocycles. The lowest BCUT2D eigenvalue weighted by atomic mass is 9.92. The molecule has 1 aromatic heterocycles. The first-order chi connectivity index (χ1) is 33.0. The molecule has 0 aliphatic rings. The lowest BCUT2D eigenvalue weighted by molar-refractivity contribution is 1.07. The molecule has 252 valence electrons. The summed E-state index contributed by atoms with van der Waals surface area (Å²) in [6, 6.07) is 23.9. The minimum Gasteiger partial charge on any atom is -0.208 e. The Morgan fingerprint density at radius 2 is 0.667 bits per heavy atom. The van der Waals surface area contributed by atoms with Gasteiger partial charge in [-0.1, -0.05) is 182 Å². The standard InChI is InChI=1S/C51H33N3/c1-3-13-34(14-4-1)38-17-11-18-39(31-38)40-19-12-20-42(32-40)51-53-49(36-15-5-2-6-16-36)52-50(54-51)37-27-25-35(26-28-37)41-29-30-47-45-23-8-7-21-43(45)44-22-9-10-24-46(44)48(47)33-41/h1-33H/i7D,8D,9D,10D,21D,22D,23D,24D,25D,26D,27D,28D,29D,30D,33D. The molecular weight excluding hydrogens is 655 g/mol. The van der Waals surface area contributed by atoms with E-state index in [1.54, 1.807) is 30.3 Å². The Morgan fingerprint density at radius 1 is 0.278 bits per heavy atom. The third-order valence-electron chi connectivity index (χ3n) is 9.13. The molecule has 0 unspecified atom stereocenters. The highest BCUT2D eigenvalue weighted by molar-refractivity contribution is 6.25. The summed E-state index contributed by atoms with van der Waals surface area (Å²) in [5.41, 5.74) is 3.50. The third kappa shape index (κ3) is 5.78. The first kappa shape index (κ1) is 19.6. The van der Waals surface area contributed by atoms with E-state index in [2.05, 4.69) is 11.1 Å². The van der Waals surface area contributed by atoms with Crippen molar-refractivity contribution in [3.05, 3.63) is 200 Å². The normalized spacial score (nSPS) is 15.2. The average molecular weight is 703 g/mol. The van der Waals surface area contributed by atoms with Gasteiger partial charge in [-0.25, -0.2) is 15.0 Å². The van der Waals surface area contributed by atoms with E-state index in [4.69, 9.17) is 20.9 Å². The molecule has 1 heterocycles. The van der Waals surface area contributed by atoms with Crippen LogP contribution in [-0.2, 0) is 0 Å². The van der Waals surface area contributed by atoms with Gasteiger partial charge >= 0.3 is 0 Å². The number of hydrogen-bond donors (Lipinski definition) is 0. The van der Waals surface area contributed by atoms with Gasteiger partial charge in [-0.3, -0.25) is 0 Å². The molecule has 0 bridgehead atoms. The maximum Gasteiger partial charge on any atom is 0.164 e. The van der Waals surface area contributed by atoms with E-state index in [1.165, 1.54) is 0 Å². The Morgan fingerprint density at radius 3 is 1.26 bits per heavy atom. The number of nitrogens with zero attached hydrogens (tertiary/aromatic N) is 3. The zero-order valence-corrected chi connectivity index (χ0v) is 28.2. The van der Waals surface area contributed by atoms with Gasteiger partial charge in [0.2, 0.25) is 0 Å². The molecule has 54 heavy (non-hydrogen) atoms. The summed E-state index contributed by atoms with van der Waals surface area (Å²) < 4.78 is 135. The smallest absolute Gasteiger partial charge is 0.164 e. The van der Waals surface area contributed by atoms with E-state index in [0.29, 0.717) is 11.1 Å². The fraction of sp³-hybridized carbons (Fsp3) is 0. The molecular formula is C51H33N3. The van der Waals surface area contributed by atoms with Crippen LogP contribution in [-0.4, -0.2) is 15.0 Å². The minimum absolute atomic E-state index is 0.165. The molecule has 3 heteroatoms. The minimum atomic E-state index is -0.780. The van der Waals surface area contributed by atoms with Crippen molar-refractivity contribution >= 4 is 32.3 Å². The van der Waals surface area contributed by atoms with E-state index in [1.807, 2.05) is 72.8 Å². The summed E-state index contributed by atoms with van der Waals surface area (Å²) in [5.74, 6) is 0.126. The van der Waals surface area contributed by atoms with Crippen molar-refractivity contribution < 1.29 is 20.6 Å². The Hall–Kier alpha value is -7.23. The van der Waals surface area contributed by atoms with Gasteiger partial charge in [0, 0.05) is 16.7 Å². The van der Waals surface area contributed by atoms with Crippen molar-refractivity contribution in [3.63, 3.8) is 0 Å². The van der Waals surface area contributed by atoms with Crippen LogP contribution < -0.4 is 0 Å². The van der Waals surface area contributed by atoms with Gasteiger partial charge in [-0.05, 0) is 83.9 Å². The second-order valence-electron chi connectivity index (χ2n) is 12.4. The van der Waals surface area contributed by atoms with Gasteiger partial charge in [0.05, 0.1) is 20.6 Å². The lowest BCUT2D eigenvalue weighted by Gasteiger charge is -2.12. The van der Waals surface area contributed by atoms with Crippen LogP contribution >= 0.6 is 0 Å². The molecule has 0 amide bonds. The van der Waals surface area contributed by atoms with Crippen molar-refractivity contribution in [2.75, 3.05) is 0 Å². The molecule has 9 aromatic carbocycles. The summed E-state index contributed by atoms with van der Waals surface area (Å²) in [6.07, 6.45) is 0. The van der Waals surface area contributed by atoms with Crippen LogP contribution in [0, 0.1) is 0 Å². The molecule has 0 N–H and O–H groups in total. The highest BCUT2D eigenvalue weighted by Gasteiger charge is 2.15. The van der Waals surface area contributed by atoms with Crippen LogP contribution in [0.2, 0.25) is 0 Å². The van der Waals surface area contributed by atoms with Crippen LogP contribution in [0.15, 0.2) is 200 Å². The predicted octanol–water partition coefficient (Wildman–Crippen LogP) is 13.3. The van der Waals surface area contributed by atoms with Gasteiger partial charge in [-0.15, -0.1) is 0 Å². The molecule has 3 nitrogen and oxygen atoms in total. The van der Waals surface area contributed by atoms with Crippen LogP contribution in [0.5, 0.6) is 0 Å². The molecule has 0 radical (unpaired) electrons. The van der Waals surface area contributed by atoms with Crippen molar-refractivity contribution in [1.82, 2.24) is 15.0 Å². The topological polar surface area (TPSA) is 38.7 Å². The zero-order valence-electron chi connectivity index (χ0n) is 43.2. The van der Waals surface area contributed by atoms with E-state index < -0.39 is 107 Å². The predicted molar refractivity (Wildman–Crippen MR) is 225 cm³/mol. The van der Waals surface area contributed by atoms with Crippen molar-refractivity contribution in [2.24, 2.45) is 0 Å². The fourth-order valence-corrected chi connectivity index (χ4v) is 6.51. The second-order valence-corrected chi connectivity index (χ2v) is 12.4. The largest absolute Gasteiger partial charge is 0.208 e. The van der Waals surface area contributed by atoms with Gasteiger partial charge in [0.1, 0.15) is 0 Å². The van der Waals surface area contributed by atoms with Crippen molar-refractivity contribution in [3.8, 4) is 67.5 Å². The molecule has 10 aromatic rings. The Kier molecular flexibility index (Phi) is 4.85. The number of fused-ring (bicyclic) bond motifs is 6. The third-order valence-corrected chi connectivity index (χ3v) is 9.13. The maximum absolute atomic E-state index is 9.65. The molecule has 0 atom stereocenters. The number of rotatable bonds is 6. The maximum atomic E-state index is 9.65. The first-order valence-corrected chi connectivity index (χ1v) is 17.1. The molecule has 0 spiro atoms. The zero-order chi connectivity index (χ0) is 48.9. The van der Waals surface area contributed by atoms with E-state index >= 15 is 0 Å². The Labute approximate surface area is 335 Å². The lowest BCUT2D eigenvalue weighted by Crippen LogP contribution is -2.00. The summed E-state index contributed by atoms with van der Waals surface area (Å²) in [6.45, 7) is 0. The first-order valence-electron chi connectivity index (χ1n) is 24.6. The highest BCUT2D eigenvalue weighted by Crippen LogP contribution is 2.38. The summed E-state index contributed by atoms with van der Waals surface area (Å²) in [5, 5.41) is -2.19. The Balaban J connectivity index is 1.21. The van der Waals surface area contributed by atoms with Gasteiger partial charge in [-0.2, -0.15) is 0 Å². The van der Waals surface area contributed by atoms with Crippen LogP contribution in [0.3, 0.4) is 0 Å². The van der Waals surface area contributed by atoms with Gasteiger partial charge in [0.15, 0.2) is 17.5 Å². The monoisotopic (exact) mass is 702 g/mol. The van der Waals surface area contributed by atoms with Crippen molar-refractivity contribution in [2.45, 2.75) is 0 Å². The van der Waals surface area contributed by atoms with Crippen molar-refractivity contribution in [1.29, 1.82) is 0 Å². The highest BCUT2D eigenvalue weighted by atomic mass is 15.0. The average Bonchev–Trinajstić information content (AvgIpc) is 3.37. The summed E-state index contributed by atoms with van der Waals surface area (Å²) >= 11 is 0. The van der Waals surface area contributed by atoms with E-state index in [9.17, 15) is 9.60 Å². The molecule has 0 aliphatic carbocycles. The summed E-state index contributed by atoms with van der Waals surface area (Å²) in [4.78, 5) is 14.2. The van der Waals surface area contributed by atoms with E-state index in [0.717, 1.165) is 22.3 Å². The van der Waals surface area contributed by atoms with Crippen LogP contribution in [0.25, 0.3) is 99.9 Å². The number of hydrogen-bond acceptors (Lipinski definition) is 3.